The number of carbonyl (C=O) groups is 1. The summed E-state index contributed by atoms with van der Waals surface area (Å²) in [6.45, 7) is 0.978. The fraction of sp³-hybridized carbons (Fsp3) is 0.462. The van der Waals surface area contributed by atoms with Crippen LogP contribution in [0.15, 0.2) is 30.3 Å². The molecule has 0 fully saturated rings. The van der Waals surface area contributed by atoms with Crippen LogP contribution in [0.25, 0.3) is 0 Å². The van der Waals surface area contributed by atoms with Crippen LogP contribution in [0.3, 0.4) is 0 Å². The first-order valence-corrected chi connectivity index (χ1v) is 6.01. The quantitative estimate of drug-likeness (QED) is 0.862. The maximum Gasteiger partial charge on any atom is 0.406 e. The molecule has 1 rings (SSSR count). The zero-order valence-corrected chi connectivity index (χ0v) is 10.7. The summed E-state index contributed by atoms with van der Waals surface area (Å²) in [5, 5.41) is 2.74. The molecular formula is C13H17F3N2O. The van der Waals surface area contributed by atoms with E-state index in [9.17, 15) is 18.0 Å². The van der Waals surface area contributed by atoms with Crippen molar-refractivity contribution < 1.29 is 18.0 Å². The number of benzene rings is 1. The minimum atomic E-state index is -4.39. The van der Waals surface area contributed by atoms with Gasteiger partial charge in [-0.1, -0.05) is 37.3 Å². The minimum Gasteiger partial charge on any atom is -0.328 e. The van der Waals surface area contributed by atoms with E-state index in [0.29, 0.717) is 12.1 Å². The van der Waals surface area contributed by atoms with Crippen molar-refractivity contribution in [2.45, 2.75) is 19.6 Å². The van der Waals surface area contributed by atoms with Gasteiger partial charge in [0.25, 0.3) is 0 Å². The lowest BCUT2D eigenvalue weighted by Crippen LogP contribution is -2.42. The van der Waals surface area contributed by atoms with Crippen molar-refractivity contribution in [3.8, 4) is 0 Å². The third-order valence-corrected chi connectivity index (χ3v) is 2.47. The molecule has 0 aliphatic carbocycles. The second-order valence-electron chi connectivity index (χ2n) is 4.13. The third-order valence-electron chi connectivity index (χ3n) is 2.47. The molecule has 0 saturated heterocycles. The Hall–Kier alpha value is -1.56. The number of rotatable bonds is 6. The van der Waals surface area contributed by atoms with Crippen molar-refractivity contribution in [1.29, 1.82) is 0 Å². The van der Waals surface area contributed by atoms with Gasteiger partial charge in [0.15, 0.2) is 0 Å². The Morgan fingerprint density at radius 2 is 1.89 bits per heavy atom. The first-order chi connectivity index (χ1) is 8.92. The molecule has 0 unspecified atom stereocenters. The molecular weight excluding hydrogens is 257 g/mol. The molecule has 0 heterocycles. The largest absolute Gasteiger partial charge is 0.406 e. The van der Waals surface area contributed by atoms with E-state index in [1.165, 1.54) is 0 Å². The van der Waals surface area contributed by atoms with Crippen LogP contribution in [0.2, 0.25) is 0 Å². The van der Waals surface area contributed by atoms with Gasteiger partial charge in [-0.2, -0.15) is 13.2 Å². The maximum absolute atomic E-state index is 12.5. The Bertz CT molecular complexity index is 393. The number of nitrogens with zero attached hydrogens (tertiary/aromatic N) is 1. The lowest BCUT2D eigenvalue weighted by atomic mass is 10.2. The molecule has 1 aromatic rings. The predicted octanol–water partition coefficient (Wildman–Crippen LogP) is 2.19. The molecule has 1 amide bonds. The van der Waals surface area contributed by atoms with Gasteiger partial charge in [-0.3, -0.25) is 4.79 Å². The van der Waals surface area contributed by atoms with Crippen molar-refractivity contribution >= 4 is 5.91 Å². The summed E-state index contributed by atoms with van der Waals surface area (Å²) in [6.07, 6.45) is -4.39. The average molecular weight is 274 g/mol. The summed E-state index contributed by atoms with van der Waals surface area (Å²) in [4.78, 5) is 12.6. The van der Waals surface area contributed by atoms with E-state index in [1.807, 2.05) is 0 Å². The molecule has 0 aliphatic heterocycles. The van der Waals surface area contributed by atoms with Crippen LogP contribution in [0, 0.1) is 0 Å². The van der Waals surface area contributed by atoms with E-state index in [0.717, 1.165) is 4.90 Å². The zero-order valence-electron chi connectivity index (χ0n) is 10.7. The maximum atomic E-state index is 12.5. The molecule has 6 heteroatoms. The molecule has 0 aromatic heterocycles. The number of nitrogens with one attached hydrogen (secondary N) is 1. The number of likely N-dealkylation sites (N-methyl/N-ethyl adjacent to an activating group) is 1. The van der Waals surface area contributed by atoms with Gasteiger partial charge in [0.05, 0.1) is 6.54 Å². The molecule has 3 nitrogen and oxygen atoms in total. The van der Waals surface area contributed by atoms with E-state index in [4.69, 9.17) is 0 Å². The van der Waals surface area contributed by atoms with E-state index in [1.54, 1.807) is 37.3 Å². The van der Waals surface area contributed by atoms with Gasteiger partial charge in [0.2, 0.25) is 5.91 Å². The van der Waals surface area contributed by atoms with Crippen molar-refractivity contribution in [2.75, 3.05) is 19.6 Å². The predicted molar refractivity (Wildman–Crippen MR) is 66.5 cm³/mol. The molecule has 1 N–H and O–H groups in total. The van der Waals surface area contributed by atoms with E-state index >= 15 is 0 Å². The van der Waals surface area contributed by atoms with Gasteiger partial charge in [0.1, 0.15) is 6.54 Å². The first kappa shape index (κ1) is 15.5. The Balaban J connectivity index is 2.71. The van der Waals surface area contributed by atoms with Crippen LogP contribution in [0.4, 0.5) is 13.2 Å². The lowest BCUT2D eigenvalue weighted by Gasteiger charge is -2.24. The van der Waals surface area contributed by atoms with Crippen molar-refractivity contribution in [1.82, 2.24) is 10.2 Å². The average Bonchev–Trinajstić information content (AvgIpc) is 2.35. The Morgan fingerprint density at radius 1 is 1.26 bits per heavy atom. The molecule has 0 bridgehead atoms. The molecule has 1 aromatic carbocycles. The zero-order chi connectivity index (χ0) is 14.3. The van der Waals surface area contributed by atoms with Gasteiger partial charge >= 0.3 is 6.18 Å². The van der Waals surface area contributed by atoms with Gasteiger partial charge in [0, 0.05) is 6.54 Å². The minimum absolute atomic E-state index is 0.0371. The van der Waals surface area contributed by atoms with Crippen LogP contribution < -0.4 is 5.32 Å². The summed E-state index contributed by atoms with van der Waals surface area (Å²) in [5.74, 6) is -0.553. The number of hydrogen-bond donors (Lipinski definition) is 1. The summed E-state index contributed by atoms with van der Waals surface area (Å²) in [6, 6.07) is 8.64. The highest BCUT2D eigenvalue weighted by Crippen LogP contribution is 2.18. The fourth-order valence-corrected chi connectivity index (χ4v) is 1.60. The Kier molecular flexibility index (Phi) is 5.82. The molecule has 0 radical (unpaired) electrons. The van der Waals surface area contributed by atoms with Crippen molar-refractivity contribution in [3.05, 3.63) is 35.9 Å². The number of hydrogen-bond acceptors (Lipinski definition) is 2. The van der Waals surface area contributed by atoms with Gasteiger partial charge in [-0.05, 0) is 12.1 Å². The fourth-order valence-electron chi connectivity index (χ4n) is 1.60. The highest BCUT2D eigenvalue weighted by atomic mass is 19.4. The molecule has 0 spiro atoms. The standard InChI is InChI=1S/C13H17F3N2O/c1-2-17-8-12(19)18(10-13(14,15)16)9-11-6-4-3-5-7-11/h3-7,17H,2,8-10H2,1H3. The van der Waals surface area contributed by atoms with E-state index in [2.05, 4.69) is 5.32 Å². The monoisotopic (exact) mass is 274 g/mol. The molecule has 0 aliphatic rings. The number of halogens is 3. The van der Waals surface area contributed by atoms with Crippen LogP contribution in [-0.2, 0) is 11.3 Å². The second kappa shape index (κ2) is 7.13. The van der Waals surface area contributed by atoms with Crippen LogP contribution >= 0.6 is 0 Å². The van der Waals surface area contributed by atoms with Gasteiger partial charge in [-0.15, -0.1) is 0 Å². The van der Waals surface area contributed by atoms with Gasteiger partial charge < -0.3 is 10.2 Å². The molecule has 0 atom stereocenters. The van der Waals surface area contributed by atoms with Gasteiger partial charge in [-0.25, -0.2) is 0 Å². The number of amides is 1. The highest BCUT2D eigenvalue weighted by Gasteiger charge is 2.32. The van der Waals surface area contributed by atoms with Crippen molar-refractivity contribution in [3.63, 3.8) is 0 Å². The SMILES string of the molecule is CCNCC(=O)N(Cc1ccccc1)CC(F)(F)F. The second-order valence-corrected chi connectivity index (χ2v) is 4.13. The normalized spacial score (nSPS) is 11.4. The summed E-state index contributed by atoms with van der Waals surface area (Å²) in [7, 11) is 0. The molecule has 19 heavy (non-hydrogen) atoms. The van der Waals surface area contributed by atoms with Crippen LogP contribution in [-0.4, -0.2) is 36.6 Å². The van der Waals surface area contributed by atoms with Crippen LogP contribution in [0.1, 0.15) is 12.5 Å². The van der Waals surface area contributed by atoms with Crippen molar-refractivity contribution in [2.24, 2.45) is 0 Å². The number of carbonyl (C=O) groups excluding carboxylic acids is 1. The summed E-state index contributed by atoms with van der Waals surface area (Å²) < 4.78 is 37.4. The van der Waals surface area contributed by atoms with Crippen LogP contribution in [0.5, 0.6) is 0 Å². The molecule has 106 valence electrons. The highest BCUT2D eigenvalue weighted by molar-refractivity contribution is 5.78. The number of alkyl halides is 3. The first-order valence-electron chi connectivity index (χ1n) is 6.01. The third kappa shape index (κ3) is 6.24. The topological polar surface area (TPSA) is 32.3 Å². The lowest BCUT2D eigenvalue weighted by molar-refractivity contribution is -0.161. The van der Waals surface area contributed by atoms with E-state index in [-0.39, 0.29) is 13.1 Å². The summed E-state index contributed by atoms with van der Waals surface area (Å²) >= 11 is 0. The summed E-state index contributed by atoms with van der Waals surface area (Å²) in [5.41, 5.74) is 0.677. The molecule has 0 saturated carbocycles. The Labute approximate surface area is 110 Å². The smallest absolute Gasteiger partial charge is 0.328 e. The van der Waals surface area contributed by atoms with E-state index < -0.39 is 18.6 Å². The Morgan fingerprint density at radius 3 is 2.42 bits per heavy atom.